The summed E-state index contributed by atoms with van der Waals surface area (Å²) in [5, 5.41) is 0. The molecule has 0 fully saturated rings. The van der Waals surface area contributed by atoms with Gasteiger partial charge < -0.3 is 54.3 Å². The molecule has 0 amide bonds. The molecule has 608 valence electrons. The summed E-state index contributed by atoms with van der Waals surface area (Å²) in [6.07, 6.45) is 0. The first kappa shape index (κ1) is 89.1. The Morgan fingerprint density at radius 3 is 0.388 bits per heavy atom. The minimum atomic E-state index is -4.17. The van der Waals surface area contributed by atoms with Crippen molar-refractivity contribution in [3.63, 3.8) is 0 Å². The van der Waals surface area contributed by atoms with Crippen molar-refractivity contribution in [3.8, 4) is 69.0 Å². The highest BCUT2D eigenvalue weighted by atomic mass is 31.2. The van der Waals surface area contributed by atoms with Gasteiger partial charge in [-0.3, -0.25) is 0 Å². The van der Waals surface area contributed by atoms with Crippen molar-refractivity contribution in [3.05, 3.63) is 361 Å². The van der Waals surface area contributed by atoms with Crippen LogP contribution in [0.2, 0.25) is 0 Å². The SMILES string of the molecule is CC(C)(C)c1ccccc1OP(=O)(Oc1ccccc1)Oc1ccccc1.CC(C)(C)c1ccccc1OP(=O)(Oc1ccccc1)Oc1ccccc1C(C)(C)C.CC(C)(C)c1ccccc1OP(=O)(Oc1ccccc1C(C)(C)C)Oc1ccccc1C(C)(C)C.O=P(Oc1ccccc1)(Oc1ccccc1)Oc1ccccc1. The van der Waals surface area contributed by atoms with Gasteiger partial charge in [-0.2, -0.15) is 18.3 Å². The first-order valence-electron chi connectivity index (χ1n) is 38.3. The summed E-state index contributed by atoms with van der Waals surface area (Å²) in [7, 11) is -16.1. The monoisotopic (exact) mass is 1640 g/mol. The Labute approximate surface area is 686 Å². The first-order valence-corrected chi connectivity index (χ1v) is 44.1. The number of phosphoric acid groups is 4. The highest BCUT2D eigenvalue weighted by molar-refractivity contribution is 7.50. The van der Waals surface area contributed by atoms with Gasteiger partial charge >= 0.3 is 31.3 Å². The molecule has 12 aromatic carbocycles. The number of rotatable bonds is 24. The average molecular weight is 1640 g/mol. The molecular weight excluding hydrogens is 1530 g/mol. The molecule has 0 saturated carbocycles. The van der Waals surface area contributed by atoms with Crippen LogP contribution in [-0.4, -0.2) is 0 Å². The Balaban J connectivity index is 0.000000179. The zero-order chi connectivity index (χ0) is 84.1. The quantitative estimate of drug-likeness (QED) is 0.0521. The molecule has 0 atom stereocenters. The highest BCUT2D eigenvalue weighted by Crippen LogP contribution is 2.57. The third kappa shape index (κ3) is 27.1. The van der Waals surface area contributed by atoms with E-state index in [9.17, 15) is 18.3 Å². The van der Waals surface area contributed by atoms with Crippen LogP contribution in [0.1, 0.15) is 158 Å². The molecule has 12 rings (SSSR count). The van der Waals surface area contributed by atoms with Gasteiger partial charge in [0.05, 0.1) is 0 Å². The lowest BCUT2D eigenvalue weighted by atomic mass is 9.86. The van der Waals surface area contributed by atoms with Crippen molar-refractivity contribution in [1.82, 2.24) is 0 Å². The summed E-state index contributed by atoms with van der Waals surface area (Å²) in [6.45, 7) is 37.5. The van der Waals surface area contributed by atoms with Crippen molar-refractivity contribution in [2.24, 2.45) is 0 Å². The standard InChI is InChI=1S/C30H39O4P.C26H31O4P.C22H23O4P.C18H15O4P/c1-28(2,3)22-16-10-13-19-25(22)32-35(31,33-26-20-14-11-17-23(26)29(4,5)6)34-27-21-15-12-18-24(27)30(7,8)9;1-25(2,3)21-16-10-12-18-23(21)29-31(27,28-20-14-8-7-9-15-20)30-24-19-13-11-17-22(24)26(4,5)6;1-22(2,3)20-16-10-11-17-21(20)26-27(23,24-18-12-6-4-7-13-18)25-19-14-8-5-9-15-19;19-23(20-16-10-4-1-5-11-16,21-17-12-6-2-7-13-17)22-18-14-8-3-9-15-18/h10-21H,1-9H3;7-19H,1-6H3;4-17H,1-3H3;1-15H. The second-order valence-electron chi connectivity index (χ2n) is 33.2. The maximum Gasteiger partial charge on any atom is 0.647 e. The summed E-state index contributed by atoms with van der Waals surface area (Å²) < 4.78 is 126. The molecule has 20 heteroatoms. The number of para-hydroxylation sites is 12. The van der Waals surface area contributed by atoms with Crippen LogP contribution in [0.15, 0.2) is 328 Å². The van der Waals surface area contributed by atoms with Crippen LogP contribution in [0.25, 0.3) is 0 Å². The van der Waals surface area contributed by atoms with E-state index in [-0.39, 0.29) is 32.5 Å². The molecule has 0 aromatic heterocycles. The van der Waals surface area contributed by atoms with Crippen LogP contribution in [0.4, 0.5) is 0 Å². The lowest BCUT2D eigenvalue weighted by molar-refractivity contribution is 0.289. The molecule has 116 heavy (non-hydrogen) atoms. The molecule has 0 aliphatic rings. The highest BCUT2D eigenvalue weighted by Gasteiger charge is 2.41. The second-order valence-corrected chi connectivity index (χ2v) is 39.0. The smallest absolute Gasteiger partial charge is 0.386 e. The van der Waals surface area contributed by atoms with E-state index in [4.69, 9.17) is 54.3 Å². The van der Waals surface area contributed by atoms with E-state index in [1.54, 1.807) is 152 Å². The van der Waals surface area contributed by atoms with Gasteiger partial charge in [0.2, 0.25) is 0 Å². The summed E-state index contributed by atoms with van der Waals surface area (Å²) in [4.78, 5) is 0. The maximum atomic E-state index is 14.5. The van der Waals surface area contributed by atoms with Crippen LogP contribution in [0, 0.1) is 0 Å². The van der Waals surface area contributed by atoms with Gasteiger partial charge in [-0.05, 0) is 142 Å². The van der Waals surface area contributed by atoms with Gasteiger partial charge in [-0.1, -0.05) is 343 Å². The fourth-order valence-electron chi connectivity index (χ4n) is 11.6. The molecule has 0 N–H and O–H groups in total. The Bertz CT molecular complexity index is 4920. The van der Waals surface area contributed by atoms with Gasteiger partial charge in [0.1, 0.15) is 69.0 Å². The van der Waals surface area contributed by atoms with Crippen molar-refractivity contribution in [2.75, 3.05) is 0 Å². The maximum absolute atomic E-state index is 14.5. The second kappa shape index (κ2) is 38.7. The summed E-state index contributed by atoms with van der Waals surface area (Å²) in [6, 6.07) is 98.4. The molecule has 0 radical (unpaired) electrons. The van der Waals surface area contributed by atoms with Crippen molar-refractivity contribution < 1.29 is 72.5 Å². The molecule has 12 aromatic rings. The van der Waals surface area contributed by atoms with Crippen LogP contribution in [-0.2, 0) is 50.8 Å². The van der Waals surface area contributed by atoms with Crippen molar-refractivity contribution >= 4 is 31.3 Å². The third-order valence-electron chi connectivity index (χ3n) is 17.2. The number of hydrogen-bond acceptors (Lipinski definition) is 16. The fourth-order valence-corrected chi connectivity index (χ4v) is 16.7. The molecule has 16 nitrogen and oxygen atoms in total. The van der Waals surface area contributed by atoms with Gasteiger partial charge in [0, 0.05) is 33.4 Å². The lowest BCUT2D eigenvalue weighted by Crippen LogP contribution is -2.18. The van der Waals surface area contributed by atoms with Crippen LogP contribution in [0.3, 0.4) is 0 Å². The van der Waals surface area contributed by atoms with Crippen molar-refractivity contribution in [2.45, 2.75) is 157 Å². The fraction of sp³-hybridized carbons (Fsp3) is 0.250. The predicted molar refractivity (Wildman–Crippen MR) is 467 cm³/mol. The number of phosphoric ester groups is 4. The average Bonchev–Trinajstić information content (AvgIpc) is 0.785. The van der Waals surface area contributed by atoms with Crippen molar-refractivity contribution in [1.29, 1.82) is 0 Å². The number of benzene rings is 12. The Morgan fingerprint density at radius 2 is 0.250 bits per heavy atom. The Kier molecular flexibility index (Phi) is 29.8. The van der Waals surface area contributed by atoms with E-state index >= 15 is 0 Å². The van der Waals surface area contributed by atoms with Gasteiger partial charge in [0.25, 0.3) is 0 Å². The van der Waals surface area contributed by atoms with Gasteiger partial charge in [0.15, 0.2) is 0 Å². The van der Waals surface area contributed by atoms with Crippen LogP contribution >= 0.6 is 31.3 Å². The summed E-state index contributed by atoms with van der Waals surface area (Å²) >= 11 is 0. The lowest BCUT2D eigenvalue weighted by Gasteiger charge is -2.29. The summed E-state index contributed by atoms with van der Waals surface area (Å²) in [5.41, 5.74) is 4.20. The third-order valence-corrected chi connectivity index (χ3v) is 22.3. The van der Waals surface area contributed by atoms with E-state index in [2.05, 4.69) is 125 Å². The van der Waals surface area contributed by atoms with Gasteiger partial charge in [-0.25, -0.2) is 0 Å². The molecule has 0 bridgehead atoms. The van der Waals surface area contributed by atoms with E-state index in [1.807, 2.05) is 176 Å². The molecule has 0 saturated heterocycles. The molecule has 0 aliphatic carbocycles. The number of hydrogen-bond donors (Lipinski definition) is 0. The van der Waals surface area contributed by atoms with E-state index < -0.39 is 31.3 Å². The van der Waals surface area contributed by atoms with E-state index in [0.717, 1.165) is 33.4 Å². The molecule has 0 unspecified atom stereocenters. The zero-order valence-electron chi connectivity index (χ0n) is 69.5. The van der Waals surface area contributed by atoms with Crippen LogP contribution < -0.4 is 54.3 Å². The predicted octanol–water partition coefficient (Wildman–Crippen LogP) is 29.1. The van der Waals surface area contributed by atoms with Gasteiger partial charge in [-0.15, -0.1) is 0 Å². The minimum Gasteiger partial charge on any atom is -0.386 e. The molecule has 0 aliphatic heterocycles. The first-order chi connectivity index (χ1) is 54.7. The summed E-state index contributed by atoms with van der Waals surface area (Å²) in [5.74, 6) is 5.29. The molecule has 0 heterocycles. The van der Waals surface area contributed by atoms with Crippen LogP contribution in [0.5, 0.6) is 69.0 Å². The zero-order valence-corrected chi connectivity index (χ0v) is 73.1. The van der Waals surface area contributed by atoms with E-state index in [0.29, 0.717) is 69.0 Å². The largest absolute Gasteiger partial charge is 0.647 e. The Morgan fingerprint density at radius 1 is 0.147 bits per heavy atom. The normalized spacial score (nSPS) is 12.0. The molecular formula is C96H108O16P4. The van der Waals surface area contributed by atoms with E-state index in [1.165, 1.54) is 0 Å². The minimum absolute atomic E-state index is 0.194. The Hall–Kier alpha value is -10.8. The topological polar surface area (TPSA) is 179 Å². The molecule has 0 spiro atoms.